The Bertz CT molecular complexity index is 2270. The van der Waals surface area contributed by atoms with E-state index in [1.165, 1.54) is 12.1 Å². The van der Waals surface area contributed by atoms with Crippen molar-refractivity contribution in [2.75, 3.05) is 6.61 Å². The highest BCUT2D eigenvalue weighted by Gasteiger charge is 2.51. The molecule has 7 aromatic carbocycles. The Balaban J connectivity index is 1.22. The number of aromatic carboxylic acids is 1. The lowest BCUT2D eigenvalue weighted by Gasteiger charge is -2.47. The van der Waals surface area contributed by atoms with Gasteiger partial charge in [-0.25, -0.2) is 4.79 Å². The van der Waals surface area contributed by atoms with Gasteiger partial charge >= 0.3 is 5.97 Å². The molecule has 7 aromatic rings. The van der Waals surface area contributed by atoms with E-state index in [0.29, 0.717) is 5.75 Å². The van der Waals surface area contributed by atoms with Gasteiger partial charge in [0, 0.05) is 0 Å². The largest absolute Gasteiger partial charge is 0.478 e. The molecule has 8 nitrogen and oxygen atoms in total. The Hall–Kier alpha value is -6.39. The fourth-order valence-electron chi connectivity index (χ4n) is 7.76. The highest BCUT2D eigenvalue weighted by atomic mass is 16.7. The molecule has 0 radical (unpaired) electrons. The molecule has 0 saturated carbocycles. The summed E-state index contributed by atoms with van der Waals surface area (Å²) in [6.07, 6.45) is -4.08. The summed E-state index contributed by atoms with van der Waals surface area (Å²) < 4.78 is 41.9. The molecule has 0 aliphatic carbocycles. The lowest BCUT2D eigenvalue weighted by atomic mass is 9.80. The number of carboxylic acids is 1. The van der Waals surface area contributed by atoms with Gasteiger partial charge in [-0.3, -0.25) is 0 Å². The fraction of sp³-hybridized carbons (Fsp3) is 0.189. The van der Waals surface area contributed by atoms with Crippen LogP contribution in [-0.4, -0.2) is 48.4 Å². The van der Waals surface area contributed by atoms with E-state index in [-0.39, 0.29) is 32.0 Å². The Morgan fingerprint density at radius 2 is 0.852 bits per heavy atom. The molecule has 1 N–H and O–H groups in total. The van der Waals surface area contributed by atoms with Crippen molar-refractivity contribution in [2.24, 2.45) is 0 Å². The van der Waals surface area contributed by atoms with Crippen LogP contribution < -0.4 is 4.74 Å². The molecule has 1 saturated heterocycles. The van der Waals surface area contributed by atoms with Gasteiger partial charge in [-0.15, -0.1) is 0 Å². The van der Waals surface area contributed by atoms with Crippen LogP contribution in [0.25, 0.3) is 0 Å². The van der Waals surface area contributed by atoms with Crippen LogP contribution in [0.1, 0.15) is 43.7 Å². The third-order valence-corrected chi connectivity index (χ3v) is 10.8. The van der Waals surface area contributed by atoms with Gasteiger partial charge in [0.2, 0.25) is 6.29 Å². The van der Waals surface area contributed by atoms with Crippen LogP contribution >= 0.6 is 0 Å². The second kappa shape index (κ2) is 20.2. The highest BCUT2D eigenvalue weighted by Crippen LogP contribution is 2.42. The summed E-state index contributed by atoms with van der Waals surface area (Å²) in [6.45, 7) is 0.818. The first kappa shape index (κ1) is 41.3. The van der Waals surface area contributed by atoms with E-state index in [1.807, 2.05) is 146 Å². The summed E-state index contributed by atoms with van der Waals surface area (Å²) in [4.78, 5) is 11.8. The van der Waals surface area contributed by atoms with Gasteiger partial charge in [0.05, 0.1) is 32.0 Å². The van der Waals surface area contributed by atoms with Crippen LogP contribution in [0.3, 0.4) is 0 Å². The molecule has 1 aliphatic rings. The number of rotatable bonds is 18. The summed E-state index contributed by atoms with van der Waals surface area (Å²) in [5.74, 6) is -0.631. The standard InChI is InChI=1S/C53H48O8/c54-51(55)42-31-33-46(34-32-42)60-52-50(58-37-41-23-11-3-12-24-41)49(57-36-40-21-9-2-10-22-40)48(56-35-39-19-7-1-8-20-39)47(61-52)38-59-53(43-25-13-4-14-26-43,44-27-15-5-16-28-44)45-29-17-6-18-30-45/h1-34,47-50,52H,35-38H2,(H,54,55)/t47-,48-,49+,50-,52-/m1/s1. The van der Waals surface area contributed by atoms with Crippen LogP contribution in [-0.2, 0) is 49.1 Å². The van der Waals surface area contributed by atoms with Crippen molar-refractivity contribution in [3.05, 3.63) is 245 Å². The zero-order valence-corrected chi connectivity index (χ0v) is 33.7. The first-order chi connectivity index (χ1) is 30.1. The van der Waals surface area contributed by atoms with Crippen LogP contribution in [0.15, 0.2) is 206 Å². The lowest BCUT2D eigenvalue weighted by Crippen LogP contribution is -2.63. The Labute approximate surface area is 356 Å². The van der Waals surface area contributed by atoms with Gasteiger partial charge in [0.15, 0.2) is 0 Å². The summed E-state index contributed by atoms with van der Waals surface area (Å²) in [5, 5.41) is 9.64. The van der Waals surface area contributed by atoms with E-state index in [9.17, 15) is 9.90 Å². The quantitative estimate of drug-likeness (QED) is 0.0857. The van der Waals surface area contributed by atoms with Crippen LogP contribution in [0, 0.1) is 0 Å². The third-order valence-electron chi connectivity index (χ3n) is 10.8. The van der Waals surface area contributed by atoms with E-state index in [2.05, 4.69) is 36.4 Å². The smallest absolute Gasteiger partial charge is 0.335 e. The molecule has 0 amide bonds. The van der Waals surface area contributed by atoms with Crippen molar-refractivity contribution >= 4 is 5.97 Å². The summed E-state index contributed by atoms with van der Waals surface area (Å²) in [5.41, 5.74) is 4.82. The van der Waals surface area contributed by atoms with Crippen molar-refractivity contribution in [3.63, 3.8) is 0 Å². The molecule has 0 bridgehead atoms. The molecular weight excluding hydrogens is 765 g/mol. The second-order valence-corrected chi connectivity index (χ2v) is 14.9. The van der Waals surface area contributed by atoms with Crippen molar-refractivity contribution in [3.8, 4) is 5.75 Å². The van der Waals surface area contributed by atoms with Crippen LogP contribution in [0.2, 0.25) is 0 Å². The Morgan fingerprint density at radius 1 is 0.475 bits per heavy atom. The zero-order chi connectivity index (χ0) is 41.7. The minimum atomic E-state index is -1.05. The molecule has 8 rings (SSSR count). The van der Waals surface area contributed by atoms with Gasteiger partial charge in [-0.1, -0.05) is 182 Å². The Morgan fingerprint density at radius 3 is 1.26 bits per heavy atom. The van der Waals surface area contributed by atoms with Gasteiger partial charge in [-0.2, -0.15) is 0 Å². The van der Waals surface area contributed by atoms with E-state index in [4.69, 9.17) is 28.4 Å². The van der Waals surface area contributed by atoms with E-state index in [0.717, 1.165) is 33.4 Å². The first-order valence-corrected chi connectivity index (χ1v) is 20.5. The molecule has 8 heteroatoms. The highest BCUT2D eigenvalue weighted by molar-refractivity contribution is 5.87. The van der Waals surface area contributed by atoms with E-state index < -0.39 is 42.3 Å². The normalized spacial score (nSPS) is 18.9. The lowest BCUT2D eigenvalue weighted by molar-refractivity contribution is -0.312. The Kier molecular flexibility index (Phi) is 13.7. The monoisotopic (exact) mass is 812 g/mol. The van der Waals surface area contributed by atoms with E-state index in [1.54, 1.807) is 12.1 Å². The maximum Gasteiger partial charge on any atom is 0.335 e. The maximum atomic E-state index is 11.8. The van der Waals surface area contributed by atoms with Crippen molar-refractivity contribution in [2.45, 2.75) is 56.1 Å². The summed E-state index contributed by atoms with van der Waals surface area (Å²) in [7, 11) is 0. The third kappa shape index (κ3) is 10.2. The zero-order valence-electron chi connectivity index (χ0n) is 33.7. The number of carbonyl (C=O) groups is 1. The van der Waals surface area contributed by atoms with Gasteiger partial charge in [0.1, 0.15) is 35.8 Å². The van der Waals surface area contributed by atoms with Gasteiger partial charge in [0.25, 0.3) is 0 Å². The predicted molar refractivity (Wildman–Crippen MR) is 233 cm³/mol. The van der Waals surface area contributed by atoms with Gasteiger partial charge in [-0.05, 0) is 57.6 Å². The number of hydrogen-bond donors (Lipinski definition) is 1. The number of carboxylic acid groups (broad SMARTS) is 1. The fourth-order valence-corrected chi connectivity index (χ4v) is 7.76. The van der Waals surface area contributed by atoms with Crippen LogP contribution in [0.5, 0.6) is 5.75 Å². The van der Waals surface area contributed by atoms with Crippen molar-refractivity contribution in [1.29, 1.82) is 0 Å². The van der Waals surface area contributed by atoms with Gasteiger partial charge < -0.3 is 33.5 Å². The second-order valence-electron chi connectivity index (χ2n) is 14.9. The molecule has 61 heavy (non-hydrogen) atoms. The molecule has 1 heterocycles. The number of ether oxygens (including phenoxy) is 6. The molecule has 0 aromatic heterocycles. The topological polar surface area (TPSA) is 92.7 Å². The number of hydrogen-bond acceptors (Lipinski definition) is 7. The summed E-state index contributed by atoms with van der Waals surface area (Å²) in [6, 6.07) is 66.7. The molecule has 0 unspecified atom stereocenters. The molecule has 1 fully saturated rings. The average Bonchev–Trinajstić information content (AvgIpc) is 3.32. The number of benzene rings is 7. The minimum Gasteiger partial charge on any atom is -0.478 e. The minimum absolute atomic E-state index is 0.0482. The average molecular weight is 813 g/mol. The van der Waals surface area contributed by atoms with Crippen molar-refractivity contribution < 1.29 is 38.3 Å². The molecule has 5 atom stereocenters. The summed E-state index contributed by atoms with van der Waals surface area (Å²) >= 11 is 0. The predicted octanol–water partition coefficient (Wildman–Crippen LogP) is 10.3. The van der Waals surface area contributed by atoms with E-state index >= 15 is 0 Å². The van der Waals surface area contributed by atoms with Crippen LogP contribution in [0.4, 0.5) is 0 Å². The molecular formula is C53H48O8. The molecule has 0 spiro atoms. The molecule has 308 valence electrons. The maximum absolute atomic E-state index is 11.8. The molecule has 1 aliphatic heterocycles. The SMILES string of the molecule is O=C(O)c1ccc(O[C@@H]2O[C@H](COC(c3ccccc3)(c3ccccc3)c3ccccc3)[C@@H](OCc3ccccc3)[C@H](OCc3ccccc3)[C@H]2OCc2ccccc2)cc1. The van der Waals surface area contributed by atoms with Crippen molar-refractivity contribution in [1.82, 2.24) is 0 Å². The first-order valence-electron chi connectivity index (χ1n) is 20.5.